The molecule has 0 unspecified atom stereocenters. The summed E-state index contributed by atoms with van der Waals surface area (Å²) in [5.74, 6) is 1.35. The average Bonchev–Trinajstić information content (AvgIpc) is 3.11. The maximum absolute atomic E-state index is 5.44. The molecule has 0 radical (unpaired) electrons. The molecule has 0 spiro atoms. The Morgan fingerprint density at radius 1 is 1.35 bits per heavy atom. The van der Waals surface area contributed by atoms with Gasteiger partial charge in [-0.1, -0.05) is 11.6 Å². The van der Waals surface area contributed by atoms with Crippen LogP contribution in [0.15, 0.2) is 24.0 Å². The van der Waals surface area contributed by atoms with Gasteiger partial charge in [-0.15, -0.1) is 0 Å². The molecule has 1 aliphatic carbocycles. The van der Waals surface area contributed by atoms with Crippen LogP contribution in [0, 0.1) is 0 Å². The SMILES string of the molecule is CN(CCNc1cc([C@@H]2CCOC2)ncn1)CC1=CCCCC1. The second-order valence-electron chi connectivity index (χ2n) is 6.66. The van der Waals surface area contributed by atoms with Crippen LogP contribution in [0.2, 0.25) is 0 Å². The minimum atomic E-state index is 0.430. The zero-order valence-corrected chi connectivity index (χ0v) is 14.1. The largest absolute Gasteiger partial charge is 0.381 e. The highest BCUT2D eigenvalue weighted by Crippen LogP contribution is 2.24. The van der Waals surface area contributed by atoms with E-state index in [2.05, 4.69) is 39.4 Å². The first-order valence-corrected chi connectivity index (χ1v) is 8.81. The van der Waals surface area contributed by atoms with E-state index in [9.17, 15) is 0 Å². The lowest BCUT2D eigenvalue weighted by Gasteiger charge is -2.21. The van der Waals surface area contributed by atoms with E-state index in [0.29, 0.717) is 5.92 Å². The quantitative estimate of drug-likeness (QED) is 0.784. The van der Waals surface area contributed by atoms with Gasteiger partial charge in [-0.25, -0.2) is 9.97 Å². The molecule has 1 atom stereocenters. The molecule has 126 valence electrons. The highest BCUT2D eigenvalue weighted by molar-refractivity contribution is 5.36. The van der Waals surface area contributed by atoms with Crippen molar-refractivity contribution < 1.29 is 4.74 Å². The number of aromatic nitrogens is 2. The summed E-state index contributed by atoms with van der Waals surface area (Å²) >= 11 is 0. The molecular weight excluding hydrogens is 288 g/mol. The molecule has 2 heterocycles. The molecule has 5 heteroatoms. The normalized spacial score (nSPS) is 21.5. The zero-order valence-electron chi connectivity index (χ0n) is 14.1. The van der Waals surface area contributed by atoms with Crippen molar-refractivity contribution in [2.75, 3.05) is 45.2 Å². The van der Waals surface area contributed by atoms with Gasteiger partial charge in [0.05, 0.1) is 12.3 Å². The highest BCUT2D eigenvalue weighted by Gasteiger charge is 2.19. The van der Waals surface area contributed by atoms with Gasteiger partial charge in [-0.3, -0.25) is 0 Å². The number of nitrogens with zero attached hydrogens (tertiary/aromatic N) is 3. The summed E-state index contributed by atoms with van der Waals surface area (Å²) in [4.78, 5) is 11.1. The molecule has 1 aromatic heterocycles. The van der Waals surface area contributed by atoms with E-state index in [1.807, 2.05) is 0 Å². The van der Waals surface area contributed by atoms with Gasteiger partial charge in [-0.2, -0.15) is 0 Å². The third-order valence-corrected chi connectivity index (χ3v) is 4.69. The maximum Gasteiger partial charge on any atom is 0.129 e. The molecule has 0 amide bonds. The maximum atomic E-state index is 5.44. The van der Waals surface area contributed by atoms with Crippen molar-refractivity contribution in [3.05, 3.63) is 29.7 Å². The van der Waals surface area contributed by atoms with Crippen LogP contribution in [0.5, 0.6) is 0 Å². The molecule has 1 N–H and O–H groups in total. The summed E-state index contributed by atoms with van der Waals surface area (Å²) in [5.41, 5.74) is 2.70. The Hall–Kier alpha value is -1.46. The average molecular weight is 316 g/mol. The molecule has 0 bridgehead atoms. The summed E-state index contributed by atoms with van der Waals surface area (Å²) < 4.78 is 5.44. The van der Waals surface area contributed by atoms with Gasteiger partial charge < -0.3 is 15.0 Å². The molecule has 3 rings (SSSR count). The Bertz CT molecular complexity index is 526. The number of rotatable bonds is 7. The zero-order chi connectivity index (χ0) is 15.9. The lowest BCUT2D eigenvalue weighted by atomic mass is 9.99. The lowest BCUT2D eigenvalue weighted by Crippen LogP contribution is -2.27. The number of allylic oxidation sites excluding steroid dienone is 1. The summed E-state index contributed by atoms with van der Waals surface area (Å²) in [6.07, 6.45) is 10.4. The van der Waals surface area contributed by atoms with Crippen molar-refractivity contribution in [3.8, 4) is 0 Å². The monoisotopic (exact) mass is 316 g/mol. The smallest absolute Gasteiger partial charge is 0.129 e. The van der Waals surface area contributed by atoms with Gasteiger partial charge in [0.25, 0.3) is 0 Å². The van der Waals surface area contributed by atoms with E-state index in [4.69, 9.17) is 4.74 Å². The molecular formula is C18H28N4O. The summed E-state index contributed by atoms with van der Waals surface area (Å²) in [7, 11) is 2.19. The third-order valence-electron chi connectivity index (χ3n) is 4.69. The first kappa shape index (κ1) is 16.4. The number of anilines is 1. The second kappa shape index (κ2) is 8.41. The molecule has 23 heavy (non-hydrogen) atoms. The van der Waals surface area contributed by atoms with Crippen molar-refractivity contribution in [1.29, 1.82) is 0 Å². The first-order valence-electron chi connectivity index (χ1n) is 8.81. The fourth-order valence-corrected chi connectivity index (χ4v) is 3.31. The van der Waals surface area contributed by atoms with Crippen molar-refractivity contribution in [1.82, 2.24) is 14.9 Å². The summed E-state index contributed by atoms with van der Waals surface area (Å²) in [5, 5.41) is 3.42. The first-order chi connectivity index (χ1) is 11.3. The van der Waals surface area contributed by atoms with Crippen LogP contribution < -0.4 is 5.32 Å². The number of ether oxygens (including phenoxy) is 1. The Balaban J connectivity index is 1.43. The predicted molar refractivity (Wildman–Crippen MR) is 92.7 cm³/mol. The lowest BCUT2D eigenvalue weighted by molar-refractivity contribution is 0.193. The number of nitrogens with one attached hydrogen (secondary N) is 1. The van der Waals surface area contributed by atoms with Gasteiger partial charge in [-0.05, 0) is 39.2 Å². The minimum Gasteiger partial charge on any atom is -0.381 e. The molecule has 1 aromatic rings. The summed E-state index contributed by atoms with van der Waals surface area (Å²) in [6, 6.07) is 2.07. The number of likely N-dealkylation sites (N-methyl/N-ethyl adjacent to an activating group) is 1. The van der Waals surface area contributed by atoms with E-state index in [-0.39, 0.29) is 0 Å². The van der Waals surface area contributed by atoms with Gasteiger partial charge in [0.1, 0.15) is 12.1 Å². The molecule has 0 aromatic carbocycles. The van der Waals surface area contributed by atoms with Gasteiger partial charge in [0.2, 0.25) is 0 Å². The van der Waals surface area contributed by atoms with Gasteiger partial charge in [0, 0.05) is 38.2 Å². The van der Waals surface area contributed by atoms with Crippen molar-refractivity contribution in [2.45, 2.75) is 38.0 Å². The standard InChI is InChI=1S/C18H28N4O/c1-22(12-15-5-3-2-4-6-15)9-8-19-18-11-17(20-14-21-18)16-7-10-23-13-16/h5,11,14,16H,2-4,6-10,12-13H2,1H3,(H,19,20,21)/t16-/m1/s1. The van der Waals surface area contributed by atoms with Crippen LogP contribution in [0.3, 0.4) is 0 Å². The van der Waals surface area contributed by atoms with Crippen molar-refractivity contribution in [3.63, 3.8) is 0 Å². The Morgan fingerprint density at radius 2 is 2.30 bits per heavy atom. The summed E-state index contributed by atoms with van der Waals surface area (Å²) in [6.45, 7) is 4.65. The van der Waals surface area contributed by atoms with Crippen LogP contribution in [-0.2, 0) is 4.74 Å². The minimum absolute atomic E-state index is 0.430. The van der Waals surface area contributed by atoms with Crippen LogP contribution in [0.1, 0.15) is 43.7 Å². The highest BCUT2D eigenvalue weighted by atomic mass is 16.5. The van der Waals surface area contributed by atoms with E-state index in [1.54, 1.807) is 11.9 Å². The molecule has 1 fully saturated rings. The van der Waals surface area contributed by atoms with Gasteiger partial charge in [0.15, 0.2) is 0 Å². The fraction of sp³-hybridized carbons (Fsp3) is 0.667. The van der Waals surface area contributed by atoms with E-state index in [1.165, 1.54) is 25.7 Å². The van der Waals surface area contributed by atoms with Crippen LogP contribution in [0.4, 0.5) is 5.82 Å². The molecule has 0 saturated carbocycles. The predicted octanol–water partition coefficient (Wildman–Crippen LogP) is 2.82. The number of hydrogen-bond acceptors (Lipinski definition) is 5. The van der Waals surface area contributed by atoms with Crippen LogP contribution in [-0.4, -0.2) is 54.8 Å². The van der Waals surface area contributed by atoms with E-state index < -0.39 is 0 Å². The van der Waals surface area contributed by atoms with Crippen molar-refractivity contribution in [2.24, 2.45) is 0 Å². The van der Waals surface area contributed by atoms with Crippen LogP contribution >= 0.6 is 0 Å². The third kappa shape index (κ3) is 5.01. The molecule has 1 aliphatic heterocycles. The Labute approximate surface area is 139 Å². The topological polar surface area (TPSA) is 50.3 Å². The Kier molecular flexibility index (Phi) is 6.00. The van der Waals surface area contributed by atoms with E-state index in [0.717, 1.165) is 50.8 Å². The van der Waals surface area contributed by atoms with E-state index >= 15 is 0 Å². The Morgan fingerprint density at radius 3 is 3.09 bits per heavy atom. The number of hydrogen-bond donors (Lipinski definition) is 1. The fourth-order valence-electron chi connectivity index (χ4n) is 3.31. The van der Waals surface area contributed by atoms with Crippen LogP contribution in [0.25, 0.3) is 0 Å². The molecule has 5 nitrogen and oxygen atoms in total. The van der Waals surface area contributed by atoms with Crippen molar-refractivity contribution >= 4 is 5.82 Å². The van der Waals surface area contributed by atoms with Gasteiger partial charge >= 0.3 is 0 Å². The molecule has 2 aliphatic rings. The molecule has 1 saturated heterocycles. The second-order valence-corrected chi connectivity index (χ2v) is 6.66.